The summed E-state index contributed by atoms with van der Waals surface area (Å²) in [6.07, 6.45) is 3.33. The first-order valence-electron chi connectivity index (χ1n) is 9.78. The van der Waals surface area contributed by atoms with Crippen LogP contribution in [-0.2, 0) is 11.4 Å². The van der Waals surface area contributed by atoms with Gasteiger partial charge in [-0.3, -0.25) is 14.6 Å². The van der Waals surface area contributed by atoms with Gasteiger partial charge in [0, 0.05) is 29.7 Å². The second kappa shape index (κ2) is 10.9. The van der Waals surface area contributed by atoms with Crippen molar-refractivity contribution in [3.05, 3.63) is 83.7 Å². The molecule has 0 saturated heterocycles. The Morgan fingerprint density at radius 3 is 2.44 bits per heavy atom. The fraction of sp³-hybridized carbons (Fsp3) is 0.174. The number of anilines is 1. The summed E-state index contributed by atoms with van der Waals surface area (Å²) in [5.41, 5.74) is 1.28. The molecule has 2 N–H and O–H groups in total. The molecular weight excluding hydrogens is 420 g/mol. The summed E-state index contributed by atoms with van der Waals surface area (Å²) < 4.78 is 37.6. The van der Waals surface area contributed by atoms with Gasteiger partial charge in [-0.15, -0.1) is 0 Å². The predicted molar refractivity (Wildman–Crippen MR) is 114 cm³/mol. The average Bonchev–Trinajstić information content (AvgIpc) is 2.80. The molecule has 2 amide bonds. The molecule has 0 saturated carbocycles. The lowest BCUT2D eigenvalue weighted by molar-refractivity contribution is -0.115. The number of nitrogens with zero attached hydrogens (tertiary/aromatic N) is 1. The van der Waals surface area contributed by atoms with Gasteiger partial charge < -0.3 is 20.1 Å². The molecule has 7 nitrogen and oxygen atoms in total. The van der Waals surface area contributed by atoms with Crippen molar-refractivity contribution < 1.29 is 27.8 Å². The molecule has 166 valence electrons. The van der Waals surface area contributed by atoms with Crippen LogP contribution in [0.3, 0.4) is 0 Å². The van der Waals surface area contributed by atoms with Crippen LogP contribution in [0.2, 0.25) is 0 Å². The van der Waals surface area contributed by atoms with E-state index in [2.05, 4.69) is 15.6 Å². The number of rotatable bonds is 9. The highest BCUT2D eigenvalue weighted by Crippen LogP contribution is 2.29. The van der Waals surface area contributed by atoms with Gasteiger partial charge >= 0.3 is 0 Å². The van der Waals surface area contributed by atoms with Crippen molar-refractivity contribution >= 4 is 17.5 Å². The summed E-state index contributed by atoms with van der Waals surface area (Å²) >= 11 is 0. The van der Waals surface area contributed by atoms with Crippen LogP contribution in [0.15, 0.2) is 60.9 Å². The van der Waals surface area contributed by atoms with Gasteiger partial charge in [-0.1, -0.05) is 0 Å². The van der Waals surface area contributed by atoms with Crippen LogP contribution < -0.4 is 20.1 Å². The number of carbonyl (C=O) groups excluding carboxylic acids is 2. The van der Waals surface area contributed by atoms with Crippen molar-refractivity contribution in [3.8, 4) is 11.5 Å². The van der Waals surface area contributed by atoms with Crippen molar-refractivity contribution in [1.82, 2.24) is 10.3 Å². The molecule has 9 heteroatoms. The van der Waals surface area contributed by atoms with E-state index in [-0.39, 0.29) is 17.8 Å². The monoisotopic (exact) mass is 441 g/mol. The molecule has 0 aliphatic heterocycles. The van der Waals surface area contributed by atoms with Crippen LogP contribution in [0.4, 0.5) is 14.5 Å². The number of benzene rings is 2. The van der Waals surface area contributed by atoms with Crippen LogP contribution in [0.1, 0.15) is 22.8 Å². The third kappa shape index (κ3) is 6.24. The van der Waals surface area contributed by atoms with E-state index in [1.54, 1.807) is 24.5 Å². The number of hydrogen-bond acceptors (Lipinski definition) is 5. The van der Waals surface area contributed by atoms with Gasteiger partial charge in [0.1, 0.15) is 6.61 Å². The van der Waals surface area contributed by atoms with Crippen molar-refractivity contribution in [2.75, 3.05) is 18.5 Å². The number of pyridine rings is 1. The summed E-state index contributed by atoms with van der Waals surface area (Å²) in [5.74, 6) is -2.34. The minimum Gasteiger partial charge on any atom is -0.490 e. The number of aromatic nitrogens is 1. The van der Waals surface area contributed by atoms with Gasteiger partial charge in [-0.25, -0.2) is 8.78 Å². The van der Waals surface area contributed by atoms with Crippen molar-refractivity contribution in [3.63, 3.8) is 0 Å². The van der Waals surface area contributed by atoms with E-state index in [0.717, 1.165) is 17.7 Å². The molecule has 1 aromatic heterocycles. The molecule has 0 radical (unpaired) electrons. The van der Waals surface area contributed by atoms with E-state index in [4.69, 9.17) is 9.47 Å². The van der Waals surface area contributed by atoms with Gasteiger partial charge in [0.05, 0.1) is 13.2 Å². The maximum atomic E-state index is 13.2. The van der Waals surface area contributed by atoms with E-state index in [1.165, 1.54) is 12.1 Å². The quantitative estimate of drug-likeness (QED) is 0.529. The third-order valence-electron chi connectivity index (χ3n) is 4.26. The zero-order chi connectivity index (χ0) is 22.9. The summed E-state index contributed by atoms with van der Waals surface area (Å²) in [6, 6.07) is 11.3. The fourth-order valence-corrected chi connectivity index (χ4v) is 2.72. The van der Waals surface area contributed by atoms with Crippen molar-refractivity contribution in [2.24, 2.45) is 0 Å². The lowest BCUT2D eigenvalue weighted by Gasteiger charge is -2.13. The molecule has 0 spiro atoms. The van der Waals surface area contributed by atoms with Crippen LogP contribution >= 0.6 is 0 Å². The van der Waals surface area contributed by atoms with Crippen LogP contribution in [0.25, 0.3) is 0 Å². The molecule has 0 aliphatic carbocycles. The van der Waals surface area contributed by atoms with Gasteiger partial charge in [0.15, 0.2) is 23.1 Å². The summed E-state index contributed by atoms with van der Waals surface area (Å²) in [5, 5.41) is 4.85. The SMILES string of the molecule is CCOc1cc(C(=O)NCC(=O)Nc2ccc(F)c(F)c2)ccc1OCc1ccncc1. The Morgan fingerprint density at radius 1 is 0.938 bits per heavy atom. The molecule has 3 aromatic rings. The molecule has 0 unspecified atom stereocenters. The van der Waals surface area contributed by atoms with Crippen molar-refractivity contribution in [2.45, 2.75) is 13.5 Å². The Balaban J connectivity index is 1.59. The van der Waals surface area contributed by atoms with E-state index < -0.39 is 23.4 Å². The number of ether oxygens (including phenoxy) is 2. The lowest BCUT2D eigenvalue weighted by atomic mass is 10.2. The fourth-order valence-electron chi connectivity index (χ4n) is 2.72. The second-order valence-electron chi connectivity index (χ2n) is 6.60. The third-order valence-corrected chi connectivity index (χ3v) is 4.26. The number of hydrogen-bond donors (Lipinski definition) is 2. The van der Waals surface area contributed by atoms with Gasteiger partial charge in [-0.05, 0) is 55.0 Å². The minimum absolute atomic E-state index is 0.0810. The summed E-state index contributed by atoms with van der Waals surface area (Å²) in [4.78, 5) is 28.4. The molecule has 0 fully saturated rings. The number of nitrogens with one attached hydrogen (secondary N) is 2. The van der Waals surface area contributed by atoms with Crippen LogP contribution in [0, 0.1) is 11.6 Å². The molecule has 3 rings (SSSR count). The Kier molecular flexibility index (Phi) is 7.69. The summed E-state index contributed by atoms with van der Waals surface area (Å²) in [7, 11) is 0. The normalized spacial score (nSPS) is 10.3. The maximum Gasteiger partial charge on any atom is 0.251 e. The Labute approximate surface area is 183 Å². The van der Waals surface area contributed by atoms with Gasteiger partial charge in [-0.2, -0.15) is 0 Å². The number of carbonyl (C=O) groups is 2. The standard InChI is InChI=1S/C23H21F2N3O4/c1-2-31-21-11-16(3-6-20(21)32-14-15-7-9-26-10-8-15)23(30)27-13-22(29)28-17-4-5-18(24)19(25)12-17/h3-12H,2,13-14H2,1H3,(H,27,30)(H,28,29). The smallest absolute Gasteiger partial charge is 0.251 e. The topological polar surface area (TPSA) is 89.5 Å². The number of halogens is 2. The van der Waals surface area contributed by atoms with E-state index in [1.807, 2.05) is 19.1 Å². The Morgan fingerprint density at radius 2 is 1.72 bits per heavy atom. The van der Waals surface area contributed by atoms with E-state index in [9.17, 15) is 18.4 Å². The first kappa shape index (κ1) is 22.7. The molecule has 0 atom stereocenters. The highest BCUT2D eigenvalue weighted by atomic mass is 19.2. The van der Waals surface area contributed by atoms with Gasteiger partial charge in [0.2, 0.25) is 5.91 Å². The first-order chi connectivity index (χ1) is 15.5. The number of amides is 2. The lowest BCUT2D eigenvalue weighted by Crippen LogP contribution is -2.32. The average molecular weight is 441 g/mol. The molecular formula is C23H21F2N3O4. The zero-order valence-electron chi connectivity index (χ0n) is 17.2. The Bertz CT molecular complexity index is 1090. The van der Waals surface area contributed by atoms with Crippen LogP contribution in [0.5, 0.6) is 11.5 Å². The summed E-state index contributed by atoms with van der Waals surface area (Å²) in [6.45, 7) is 2.12. The maximum absolute atomic E-state index is 13.2. The largest absolute Gasteiger partial charge is 0.490 e. The van der Waals surface area contributed by atoms with Crippen LogP contribution in [-0.4, -0.2) is 29.9 Å². The molecule has 2 aromatic carbocycles. The van der Waals surface area contributed by atoms with Gasteiger partial charge in [0.25, 0.3) is 5.91 Å². The zero-order valence-corrected chi connectivity index (χ0v) is 17.2. The van der Waals surface area contributed by atoms with E-state index in [0.29, 0.717) is 24.7 Å². The van der Waals surface area contributed by atoms with E-state index >= 15 is 0 Å². The van der Waals surface area contributed by atoms with Crippen molar-refractivity contribution in [1.29, 1.82) is 0 Å². The Hall–Kier alpha value is -4.01. The predicted octanol–water partition coefficient (Wildman–Crippen LogP) is 3.71. The molecule has 0 aliphatic rings. The second-order valence-corrected chi connectivity index (χ2v) is 6.60. The first-order valence-corrected chi connectivity index (χ1v) is 9.78. The minimum atomic E-state index is -1.08. The highest BCUT2D eigenvalue weighted by Gasteiger charge is 2.14. The molecule has 1 heterocycles. The molecule has 32 heavy (non-hydrogen) atoms. The highest BCUT2D eigenvalue weighted by molar-refractivity contribution is 5.99. The molecule has 0 bridgehead atoms.